The van der Waals surface area contributed by atoms with Crippen molar-refractivity contribution < 1.29 is 14.3 Å². The van der Waals surface area contributed by atoms with Crippen LogP contribution in [0.4, 0.5) is 0 Å². The van der Waals surface area contributed by atoms with Gasteiger partial charge in [0, 0.05) is 6.42 Å². The molecule has 0 aromatic heterocycles. The second-order valence-corrected chi connectivity index (χ2v) is 4.37. The monoisotopic (exact) mass is 270 g/mol. The van der Waals surface area contributed by atoms with E-state index in [4.69, 9.17) is 9.47 Å². The minimum Gasteiger partial charge on any atom is -0.466 e. The Kier molecular flexibility index (Phi) is 5.18. The molecule has 0 saturated carbocycles. The van der Waals surface area contributed by atoms with Crippen molar-refractivity contribution in [2.45, 2.75) is 19.8 Å². The fourth-order valence-electron chi connectivity index (χ4n) is 1.87. The van der Waals surface area contributed by atoms with Gasteiger partial charge in [-0.15, -0.1) is 0 Å². The van der Waals surface area contributed by atoms with Crippen molar-refractivity contribution in [2.24, 2.45) is 0 Å². The number of carbonyl (C=O) groups is 1. The minimum atomic E-state index is -0.165. The number of hydrogen-bond donors (Lipinski definition) is 0. The molecule has 2 aromatic carbocycles. The molecule has 2 aromatic rings. The largest absolute Gasteiger partial charge is 0.466 e. The van der Waals surface area contributed by atoms with E-state index in [2.05, 4.69) is 0 Å². The molecule has 0 aliphatic rings. The highest BCUT2D eigenvalue weighted by molar-refractivity contribution is 5.69. The van der Waals surface area contributed by atoms with Crippen LogP contribution < -0.4 is 4.74 Å². The van der Waals surface area contributed by atoms with Crippen molar-refractivity contribution >= 4 is 5.97 Å². The molecule has 0 aliphatic heterocycles. The number of aryl methyl sites for hydroxylation is 1. The Morgan fingerprint density at radius 1 is 1.00 bits per heavy atom. The number of para-hydroxylation sites is 1. The molecule has 3 nitrogen and oxygen atoms in total. The Hall–Kier alpha value is -2.29. The van der Waals surface area contributed by atoms with Crippen LogP contribution in [0.5, 0.6) is 11.5 Å². The number of benzene rings is 2. The first-order chi connectivity index (χ1) is 9.78. The van der Waals surface area contributed by atoms with Crippen LogP contribution in [0.3, 0.4) is 0 Å². The average Bonchev–Trinajstić information content (AvgIpc) is 2.47. The van der Waals surface area contributed by atoms with E-state index in [1.54, 1.807) is 0 Å². The summed E-state index contributed by atoms with van der Waals surface area (Å²) >= 11 is 0. The lowest BCUT2D eigenvalue weighted by Crippen LogP contribution is -2.05. The summed E-state index contributed by atoms with van der Waals surface area (Å²) in [5, 5.41) is 0. The maximum absolute atomic E-state index is 11.3. The molecule has 0 N–H and O–H groups in total. The molecule has 20 heavy (non-hydrogen) atoms. The van der Waals surface area contributed by atoms with E-state index >= 15 is 0 Å². The summed E-state index contributed by atoms with van der Waals surface area (Å²) in [7, 11) is 0. The van der Waals surface area contributed by atoms with Crippen molar-refractivity contribution in [2.75, 3.05) is 6.61 Å². The highest BCUT2D eigenvalue weighted by Crippen LogP contribution is 2.22. The predicted octanol–water partition coefficient (Wildman–Crippen LogP) is 3.97. The zero-order chi connectivity index (χ0) is 14.2. The summed E-state index contributed by atoms with van der Waals surface area (Å²) in [5.74, 6) is 1.41. The van der Waals surface area contributed by atoms with Crippen molar-refractivity contribution in [3.05, 3.63) is 60.2 Å². The molecule has 0 aliphatic carbocycles. The Morgan fingerprint density at radius 3 is 2.50 bits per heavy atom. The molecule has 0 bridgehead atoms. The quantitative estimate of drug-likeness (QED) is 0.745. The molecule has 0 amide bonds. The summed E-state index contributed by atoms with van der Waals surface area (Å²) in [6, 6.07) is 17.4. The van der Waals surface area contributed by atoms with Gasteiger partial charge in [0.15, 0.2) is 0 Å². The third-order valence-electron chi connectivity index (χ3n) is 2.80. The van der Waals surface area contributed by atoms with E-state index in [1.807, 2.05) is 61.5 Å². The zero-order valence-corrected chi connectivity index (χ0v) is 11.5. The molecule has 2 rings (SSSR count). The van der Waals surface area contributed by atoms with Gasteiger partial charge in [-0.1, -0.05) is 30.3 Å². The second kappa shape index (κ2) is 7.34. The third-order valence-corrected chi connectivity index (χ3v) is 2.80. The van der Waals surface area contributed by atoms with E-state index in [0.717, 1.165) is 17.1 Å². The maximum Gasteiger partial charge on any atom is 0.306 e. The molecule has 0 saturated heterocycles. The van der Waals surface area contributed by atoms with Gasteiger partial charge in [-0.05, 0) is 43.2 Å². The maximum atomic E-state index is 11.3. The first kappa shape index (κ1) is 14.1. The molecular weight excluding hydrogens is 252 g/mol. The van der Waals surface area contributed by atoms with Crippen molar-refractivity contribution in [3.63, 3.8) is 0 Å². The van der Waals surface area contributed by atoms with Gasteiger partial charge < -0.3 is 9.47 Å². The van der Waals surface area contributed by atoms with Crippen LogP contribution in [0.15, 0.2) is 54.6 Å². The second-order valence-electron chi connectivity index (χ2n) is 4.37. The lowest BCUT2D eigenvalue weighted by Gasteiger charge is -2.07. The van der Waals surface area contributed by atoms with E-state index in [-0.39, 0.29) is 5.97 Å². The van der Waals surface area contributed by atoms with E-state index in [0.29, 0.717) is 19.4 Å². The molecular formula is C17H18O3. The highest BCUT2D eigenvalue weighted by atomic mass is 16.5. The van der Waals surface area contributed by atoms with E-state index in [1.165, 1.54) is 0 Å². The van der Waals surface area contributed by atoms with Crippen LogP contribution in [-0.4, -0.2) is 12.6 Å². The normalized spacial score (nSPS) is 10.1. The molecule has 0 heterocycles. The summed E-state index contributed by atoms with van der Waals surface area (Å²) in [6.07, 6.45) is 1.05. The van der Waals surface area contributed by atoms with Gasteiger partial charge in [-0.25, -0.2) is 0 Å². The van der Waals surface area contributed by atoms with Gasteiger partial charge in [0.05, 0.1) is 6.61 Å². The van der Waals surface area contributed by atoms with Gasteiger partial charge in [0.1, 0.15) is 11.5 Å². The number of rotatable bonds is 6. The number of esters is 1. The molecule has 0 radical (unpaired) electrons. The van der Waals surface area contributed by atoms with Crippen LogP contribution in [0.25, 0.3) is 0 Å². The average molecular weight is 270 g/mol. The fraction of sp³-hybridized carbons (Fsp3) is 0.235. The Bertz CT molecular complexity index is 549. The summed E-state index contributed by atoms with van der Waals surface area (Å²) < 4.78 is 10.7. The van der Waals surface area contributed by atoms with Gasteiger partial charge in [0.2, 0.25) is 0 Å². The smallest absolute Gasteiger partial charge is 0.306 e. The summed E-state index contributed by atoms with van der Waals surface area (Å²) in [5.41, 5.74) is 1.06. The minimum absolute atomic E-state index is 0.165. The topological polar surface area (TPSA) is 35.5 Å². The van der Waals surface area contributed by atoms with Gasteiger partial charge in [-0.3, -0.25) is 4.79 Å². The SMILES string of the molecule is CCOC(=O)CCc1cccc(Oc2ccccc2)c1. The molecule has 104 valence electrons. The van der Waals surface area contributed by atoms with Gasteiger partial charge in [-0.2, -0.15) is 0 Å². The van der Waals surface area contributed by atoms with Crippen LogP contribution in [0.1, 0.15) is 18.9 Å². The zero-order valence-electron chi connectivity index (χ0n) is 11.5. The van der Waals surface area contributed by atoms with Crippen molar-refractivity contribution in [1.82, 2.24) is 0 Å². The lowest BCUT2D eigenvalue weighted by molar-refractivity contribution is -0.143. The number of carbonyl (C=O) groups excluding carboxylic acids is 1. The number of hydrogen-bond acceptors (Lipinski definition) is 3. The van der Waals surface area contributed by atoms with Crippen molar-refractivity contribution in [3.8, 4) is 11.5 Å². The Morgan fingerprint density at radius 2 is 1.75 bits per heavy atom. The molecule has 0 spiro atoms. The fourth-order valence-corrected chi connectivity index (χ4v) is 1.87. The Labute approximate surface area is 119 Å². The first-order valence-electron chi connectivity index (χ1n) is 6.75. The van der Waals surface area contributed by atoms with Gasteiger partial charge in [0.25, 0.3) is 0 Å². The predicted molar refractivity (Wildman–Crippen MR) is 77.9 cm³/mol. The molecule has 0 fully saturated rings. The van der Waals surface area contributed by atoms with Gasteiger partial charge >= 0.3 is 5.97 Å². The van der Waals surface area contributed by atoms with Crippen LogP contribution in [0, 0.1) is 0 Å². The third kappa shape index (κ3) is 4.43. The Balaban J connectivity index is 1.96. The van der Waals surface area contributed by atoms with Crippen LogP contribution >= 0.6 is 0 Å². The van der Waals surface area contributed by atoms with E-state index in [9.17, 15) is 4.79 Å². The summed E-state index contributed by atoms with van der Waals surface area (Å²) in [4.78, 5) is 11.3. The van der Waals surface area contributed by atoms with Crippen LogP contribution in [-0.2, 0) is 16.0 Å². The lowest BCUT2D eigenvalue weighted by atomic mass is 10.1. The molecule has 0 unspecified atom stereocenters. The van der Waals surface area contributed by atoms with Crippen LogP contribution in [0.2, 0.25) is 0 Å². The highest BCUT2D eigenvalue weighted by Gasteiger charge is 2.04. The molecule has 3 heteroatoms. The van der Waals surface area contributed by atoms with E-state index < -0.39 is 0 Å². The van der Waals surface area contributed by atoms with Crippen molar-refractivity contribution in [1.29, 1.82) is 0 Å². The number of ether oxygens (including phenoxy) is 2. The molecule has 0 atom stereocenters. The standard InChI is InChI=1S/C17H18O3/c1-2-19-17(18)12-11-14-7-6-10-16(13-14)20-15-8-4-3-5-9-15/h3-10,13H,2,11-12H2,1H3. The summed E-state index contributed by atoms with van der Waals surface area (Å²) in [6.45, 7) is 2.24. The first-order valence-corrected chi connectivity index (χ1v) is 6.75.